The van der Waals surface area contributed by atoms with Crippen LogP contribution in [0.3, 0.4) is 0 Å². The van der Waals surface area contributed by atoms with Crippen molar-refractivity contribution in [3.8, 4) is 0 Å². The van der Waals surface area contributed by atoms with Gasteiger partial charge < -0.3 is 99.5 Å². The van der Waals surface area contributed by atoms with Crippen molar-refractivity contribution in [3.05, 3.63) is 119 Å². The summed E-state index contributed by atoms with van der Waals surface area (Å²) in [6.07, 6.45) is 38.2. The number of rotatable bonds is 35. The number of carboxylic acids is 2. The standard InChI is InChI=1S/C24H38O6.C23H38O5.C20H30O4.C19H30O6.C19H28O5/c1-5-15(3)24(29)30-21-11-14(2)10-17-7-6-16(4)20(23(17)21)9-8-18(25)12-19(26)13-22(27)28;1-5-14(3)23(27)28-21-13-19(26)11-16-8-7-15(4)20(22(16)21)10-9-18(25)12-17(24)6-2;1-12-8-14-5-4-13(2)17(20(14)18(9-12)23-3)7-6-16-10-15(21)11-19(22)24-16;1-11-3-4-12-7-14(21)9-17(25-2)19(12)16(11)6-5-13(20)8-15(22)10-18(23)24;1-11-3-4-12-7-13(20)9-17(23-2)19(12)16(11)6-5-15-8-14(21)10-18(22)24-15/h6-7,10,14-16,18-21,23,25-26H,5,8-9,11-13H2,1-4H3,(H,27,28);7-8,11,14-15,17-22,24-26H,5-6,9-10,12-13H2,1-4H3;4-5,8,12-13,15-18,20-21H,6-7,9-11H2,1-3H3;3-4,7,11,13-17,19-22H,5-6,8-10H2,1-2H3,(H,23,24);3-4,7,11,13-17,19-21H,5-6,8-10H2,1-2H3/t14-,15-,16-,18+,19+,20-,21-,23?;14-,15-,17-,18-,19+,20-,21-,22-;12-,13-,15+,16+,17-,18-,20-;11-,13+,14-,15+,16-,17-,19?;11-,13-,14+,15+,16-,17-,19-/m00000/s1. The number of aliphatic hydroxyl groups excluding tert-OH is 11. The molecule has 0 radical (unpaired) electrons. The van der Waals surface area contributed by atoms with E-state index in [1.54, 1.807) is 14.2 Å². The number of aliphatic carboxylic acids is 2. The third-order valence-corrected chi connectivity index (χ3v) is 30.3. The predicted octanol–water partition coefficient (Wildman–Crippen LogP) is 13.8. The van der Waals surface area contributed by atoms with Gasteiger partial charge in [0.25, 0.3) is 0 Å². The van der Waals surface area contributed by atoms with Crippen LogP contribution in [0.4, 0.5) is 0 Å². The summed E-state index contributed by atoms with van der Waals surface area (Å²) in [5, 5.41) is 127. The highest BCUT2D eigenvalue weighted by molar-refractivity contribution is 5.73. The Balaban J connectivity index is 0.000000202. The number of fused-ring (bicyclic) bond motifs is 5. The number of allylic oxidation sites excluding steroid dienone is 12. The van der Waals surface area contributed by atoms with Gasteiger partial charge in [0.1, 0.15) is 24.4 Å². The molecular formula is C105H164O26. The van der Waals surface area contributed by atoms with Gasteiger partial charge in [0, 0.05) is 83.0 Å². The molecule has 26 heteroatoms. The Labute approximate surface area is 779 Å². The predicted molar refractivity (Wildman–Crippen MR) is 498 cm³/mol. The van der Waals surface area contributed by atoms with Crippen molar-refractivity contribution in [1.29, 1.82) is 0 Å². The highest BCUT2D eigenvalue weighted by Gasteiger charge is 2.48. The van der Waals surface area contributed by atoms with Gasteiger partial charge in [0.05, 0.1) is 123 Å². The highest BCUT2D eigenvalue weighted by Crippen LogP contribution is 2.51. The fraction of sp³-hybridized carbons (Fsp3) is 0.752. The molecule has 0 aromatic rings. The number of carbonyl (C=O) groups excluding carboxylic acids is 4. The quantitative estimate of drug-likeness (QED) is 0.0207. The third-order valence-electron chi connectivity index (χ3n) is 30.3. The molecule has 131 heavy (non-hydrogen) atoms. The van der Waals surface area contributed by atoms with Crippen LogP contribution in [0.1, 0.15) is 256 Å². The second-order valence-electron chi connectivity index (χ2n) is 40.6. The van der Waals surface area contributed by atoms with E-state index >= 15 is 0 Å². The fourth-order valence-corrected chi connectivity index (χ4v) is 22.7. The van der Waals surface area contributed by atoms with Crippen LogP contribution in [0.5, 0.6) is 0 Å². The monoisotopic (exact) mass is 1840 g/mol. The molecule has 2 fully saturated rings. The average Bonchev–Trinajstić information content (AvgIpc) is 0.726. The smallest absolute Gasteiger partial charge is 0.308 e. The van der Waals surface area contributed by atoms with E-state index in [0.29, 0.717) is 117 Å². The number of hydrogen-bond donors (Lipinski definition) is 13. The van der Waals surface area contributed by atoms with Gasteiger partial charge in [0.2, 0.25) is 0 Å². The first kappa shape index (κ1) is 110. The summed E-state index contributed by atoms with van der Waals surface area (Å²) in [6.45, 7) is 24.9. The first-order valence-electron chi connectivity index (χ1n) is 49.4. The molecule has 37 atom stereocenters. The lowest BCUT2D eigenvalue weighted by atomic mass is 9.65. The minimum atomic E-state index is -1.07. The van der Waals surface area contributed by atoms with Crippen LogP contribution in [0.2, 0.25) is 0 Å². The van der Waals surface area contributed by atoms with E-state index in [4.69, 9.17) is 43.4 Å². The van der Waals surface area contributed by atoms with E-state index in [-0.39, 0.29) is 164 Å². The van der Waals surface area contributed by atoms with Gasteiger partial charge in [-0.1, -0.05) is 174 Å². The van der Waals surface area contributed by atoms with Crippen LogP contribution in [-0.4, -0.2) is 233 Å². The first-order chi connectivity index (χ1) is 62.1. The van der Waals surface area contributed by atoms with Gasteiger partial charge in [-0.2, -0.15) is 0 Å². The zero-order valence-electron chi connectivity index (χ0n) is 80.7. The topological polar surface area (TPSA) is 430 Å². The molecule has 12 rings (SSSR count). The Morgan fingerprint density at radius 2 is 0.641 bits per heavy atom. The molecule has 2 unspecified atom stereocenters. The van der Waals surface area contributed by atoms with Gasteiger partial charge in [-0.05, 0) is 214 Å². The molecular weight excluding hydrogens is 1680 g/mol. The molecule has 13 N–H and O–H groups in total. The zero-order chi connectivity index (χ0) is 96.4. The van der Waals surface area contributed by atoms with Crippen LogP contribution in [0.25, 0.3) is 0 Å². The zero-order valence-corrected chi connectivity index (χ0v) is 80.7. The SMILES string of the molecule is CC[C@H](C)C(=O)O[C@H]1C[C@@H](C)C=C2C=C[C@H](C)[C@H](CC[C@@H](O)C[C@@H](O)CC(=O)O)C21.CC[C@H](O)C[C@@H](O)CC[C@@H]1[C@@H]2C(=C[C@@H](O)C[C@@H]2OC(=O)[C@@H](C)CC)C=C[C@@H]1C.CO[C@H]1C[C@@H](C)C=C2C=C[C@H](C)[C@H](CC[C@@H]3C[C@@H](O)CC(=O)O3)[C@H]21.CO[C@H]1C[C@@H](O)C=C2C=C[C@H](C)[C@H](CC[C@@H](O)C[C@@H](O)CC(=O)O)C21.CO[C@H]1C[C@@H](O)C=C2C=C[C@H](C)[C@H](CC[C@@H]3C[C@@H](O)CC(=O)O3)[C@H]21. The van der Waals surface area contributed by atoms with Crippen LogP contribution in [0.15, 0.2) is 119 Å². The molecule has 12 aliphatic rings. The van der Waals surface area contributed by atoms with Crippen molar-refractivity contribution in [2.75, 3.05) is 21.3 Å². The molecule has 0 aromatic heterocycles. The Morgan fingerprint density at radius 1 is 0.366 bits per heavy atom. The molecule has 10 aliphatic carbocycles. The molecule has 0 bridgehead atoms. The summed E-state index contributed by atoms with van der Waals surface area (Å²) in [7, 11) is 5.19. The molecule has 2 saturated heterocycles. The minimum absolute atomic E-state index is 0.0110. The Hall–Kier alpha value is -6.34. The minimum Gasteiger partial charge on any atom is -0.481 e. The maximum atomic E-state index is 12.5. The van der Waals surface area contributed by atoms with Crippen LogP contribution < -0.4 is 0 Å². The summed E-state index contributed by atoms with van der Waals surface area (Å²) >= 11 is 0. The van der Waals surface area contributed by atoms with Gasteiger partial charge in [-0.3, -0.25) is 28.8 Å². The Kier molecular flexibility index (Phi) is 44.8. The third kappa shape index (κ3) is 33.0. The lowest BCUT2D eigenvalue weighted by Gasteiger charge is -2.43. The molecule has 26 nitrogen and oxygen atoms in total. The van der Waals surface area contributed by atoms with E-state index in [0.717, 1.165) is 87.3 Å². The number of methoxy groups -OCH3 is 3. The molecule has 2 heterocycles. The number of cyclic esters (lactones) is 2. The van der Waals surface area contributed by atoms with Gasteiger partial charge in [0.15, 0.2) is 0 Å². The van der Waals surface area contributed by atoms with Crippen molar-refractivity contribution >= 4 is 35.8 Å². The summed E-state index contributed by atoms with van der Waals surface area (Å²) in [6, 6.07) is 0. The lowest BCUT2D eigenvalue weighted by molar-refractivity contribution is -0.161. The summed E-state index contributed by atoms with van der Waals surface area (Å²) in [4.78, 5) is 69.3. The maximum absolute atomic E-state index is 12.5. The molecule has 0 saturated carbocycles. The molecule has 740 valence electrons. The number of carbonyl (C=O) groups is 6. The molecule has 2 aliphatic heterocycles. The average molecular weight is 1840 g/mol. The van der Waals surface area contributed by atoms with Crippen molar-refractivity contribution < 1.29 is 128 Å². The van der Waals surface area contributed by atoms with E-state index in [9.17, 15) is 84.9 Å². The highest BCUT2D eigenvalue weighted by atomic mass is 16.6. The largest absolute Gasteiger partial charge is 0.481 e. The van der Waals surface area contributed by atoms with E-state index in [1.807, 2.05) is 60.0 Å². The van der Waals surface area contributed by atoms with E-state index in [1.165, 1.54) is 11.1 Å². The Morgan fingerprint density at radius 3 is 0.939 bits per heavy atom. The van der Waals surface area contributed by atoms with Gasteiger partial charge in [-0.15, -0.1) is 0 Å². The van der Waals surface area contributed by atoms with Crippen molar-refractivity contribution in [1.82, 2.24) is 0 Å². The maximum Gasteiger partial charge on any atom is 0.308 e. The summed E-state index contributed by atoms with van der Waals surface area (Å²) in [5.74, 6) is 1.98. The van der Waals surface area contributed by atoms with Crippen LogP contribution in [-0.2, 0) is 61.9 Å². The number of ether oxygens (including phenoxy) is 7. The lowest BCUT2D eigenvalue weighted by Crippen LogP contribution is -2.43. The summed E-state index contributed by atoms with van der Waals surface area (Å²) < 4.78 is 39.8. The second kappa shape index (κ2) is 53.4. The van der Waals surface area contributed by atoms with E-state index < -0.39 is 79.1 Å². The summed E-state index contributed by atoms with van der Waals surface area (Å²) in [5.41, 5.74) is 5.90. The second-order valence-corrected chi connectivity index (χ2v) is 40.6. The van der Waals surface area contributed by atoms with Crippen molar-refractivity contribution in [3.63, 3.8) is 0 Å². The van der Waals surface area contributed by atoms with Gasteiger partial charge in [-0.25, -0.2) is 0 Å². The van der Waals surface area contributed by atoms with Crippen LogP contribution in [0, 0.1) is 112 Å². The first-order valence-corrected chi connectivity index (χ1v) is 49.4. The number of carboxylic acid groups (broad SMARTS) is 2. The molecule has 0 aromatic carbocycles. The number of esters is 4. The molecule has 0 spiro atoms. The fourth-order valence-electron chi connectivity index (χ4n) is 22.7. The number of aliphatic hydroxyl groups is 11. The van der Waals surface area contributed by atoms with E-state index in [2.05, 4.69) is 121 Å². The van der Waals surface area contributed by atoms with Crippen molar-refractivity contribution in [2.45, 2.75) is 366 Å². The number of hydrogen-bond acceptors (Lipinski definition) is 24. The van der Waals surface area contributed by atoms with Crippen LogP contribution >= 0.6 is 0 Å². The van der Waals surface area contributed by atoms with Crippen molar-refractivity contribution in [2.24, 2.45) is 112 Å². The normalized spacial score (nSPS) is 36.2. The Bertz CT molecular complexity index is 3830. The molecule has 0 amide bonds. The van der Waals surface area contributed by atoms with Gasteiger partial charge >= 0.3 is 35.8 Å².